The van der Waals surface area contributed by atoms with Gasteiger partial charge in [0.1, 0.15) is 11.3 Å². The summed E-state index contributed by atoms with van der Waals surface area (Å²) in [7, 11) is 0. The average molecular weight is 543 g/mol. The van der Waals surface area contributed by atoms with Crippen molar-refractivity contribution < 1.29 is 19.1 Å². The molecule has 0 radical (unpaired) electrons. The predicted octanol–water partition coefficient (Wildman–Crippen LogP) is 5.24. The SMILES string of the molecule is CCOc1c(Br)cc(Br)cc1/C=C1\C(=O)NC(=O)N(c2cccc(Cl)c2C)C1=O. The molecule has 4 amide bonds. The monoisotopic (exact) mass is 540 g/mol. The zero-order valence-electron chi connectivity index (χ0n) is 15.4. The second kappa shape index (κ2) is 8.69. The van der Waals surface area contributed by atoms with Crippen molar-refractivity contribution in [2.75, 3.05) is 11.5 Å². The van der Waals surface area contributed by atoms with Gasteiger partial charge in [-0.3, -0.25) is 14.9 Å². The number of amides is 4. The molecule has 3 rings (SSSR count). The standard InChI is InChI=1S/C20H15Br2ClN2O4/c1-3-29-17-11(7-12(21)9-14(17)22)8-13-18(26)24-20(28)25(19(13)27)16-6-4-5-15(23)10(16)2/h4-9H,3H2,1-2H3,(H,24,26,28)/b13-8+. The van der Waals surface area contributed by atoms with Gasteiger partial charge in [0.05, 0.1) is 16.8 Å². The number of rotatable bonds is 4. The molecule has 0 aliphatic carbocycles. The number of benzene rings is 2. The summed E-state index contributed by atoms with van der Waals surface area (Å²) in [6.07, 6.45) is 1.40. The van der Waals surface area contributed by atoms with Gasteiger partial charge in [-0.25, -0.2) is 9.69 Å². The van der Waals surface area contributed by atoms with Gasteiger partial charge in [0, 0.05) is 15.1 Å². The fourth-order valence-corrected chi connectivity index (χ4v) is 4.40. The summed E-state index contributed by atoms with van der Waals surface area (Å²) < 4.78 is 7.03. The van der Waals surface area contributed by atoms with Gasteiger partial charge in [0.25, 0.3) is 11.8 Å². The quantitative estimate of drug-likeness (QED) is 0.424. The van der Waals surface area contributed by atoms with Crippen LogP contribution < -0.4 is 15.0 Å². The summed E-state index contributed by atoms with van der Waals surface area (Å²) >= 11 is 12.9. The van der Waals surface area contributed by atoms with Crippen molar-refractivity contribution in [2.45, 2.75) is 13.8 Å². The van der Waals surface area contributed by atoms with Crippen LogP contribution in [-0.4, -0.2) is 24.5 Å². The maximum Gasteiger partial charge on any atom is 0.335 e. The lowest BCUT2D eigenvalue weighted by Crippen LogP contribution is -2.54. The Morgan fingerprint density at radius 2 is 1.93 bits per heavy atom. The first-order valence-corrected chi connectivity index (χ1v) is 10.5. The molecule has 1 aliphatic heterocycles. The number of imide groups is 2. The number of urea groups is 1. The lowest BCUT2D eigenvalue weighted by molar-refractivity contribution is -0.122. The van der Waals surface area contributed by atoms with Crippen LogP contribution in [0.2, 0.25) is 5.02 Å². The molecule has 0 atom stereocenters. The summed E-state index contributed by atoms with van der Waals surface area (Å²) in [5.74, 6) is -1.05. The highest BCUT2D eigenvalue weighted by molar-refractivity contribution is 9.11. The predicted molar refractivity (Wildman–Crippen MR) is 118 cm³/mol. The Morgan fingerprint density at radius 3 is 2.62 bits per heavy atom. The maximum atomic E-state index is 13.1. The van der Waals surface area contributed by atoms with Gasteiger partial charge >= 0.3 is 6.03 Å². The fourth-order valence-electron chi connectivity index (χ4n) is 2.85. The number of barbiturate groups is 1. The van der Waals surface area contributed by atoms with Crippen LogP contribution >= 0.6 is 43.5 Å². The Morgan fingerprint density at radius 1 is 1.21 bits per heavy atom. The minimum Gasteiger partial charge on any atom is -0.492 e. The zero-order valence-corrected chi connectivity index (χ0v) is 19.3. The minimum absolute atomic E-state index is 0.199. The Kier molecular flexibility index (Phi) is 6.45. The summed E-state index contributed by atoms with van der Waals surface area (Å²) in [5, 5.41) is 2.61. The molecule has 150 valence electrons. The molecule has 1 saturated heterocycles. The molecule has 9 heteroatoms. The third kappa shape index (κ3) is 4.24. The van der Waals surface area contributed by atoms with E-state index in [-0.39, 0.29) is 5.57 Å². The number of carbonyl (C=O) groups is 3. The molecule has 6 nitrogen and oxygen atoms in total. The molecule has 1 fully saturated rings. The van der Waals surface area contributed by atoms with E-state index in [4.69, 9.17) is 16.3 Å². The number of halogens is 3. The van der Waals surface area contributed by atoms with Crippen molar-refractivity contribution in [3.8, 4) is 5.75 Å². The van der Waals surface area contributed by atoms with E-state index >= 15 is 0 Å². The molecule has 0 spiro atoms. The second-order valence-electron chi connectivity index (χ2n) is 6.08. The Bertz CT molecular complexity index is 1070. The van der Waals surface area contributed by atoms with Crippen LogP contribution in [0.25, 0.3) is 6.08 Å². The number of ether oxygens (including phenoxy) is 1. The summed E-state index contributed by atoms with van der Waals surface area (Å²) in [5.41, 5.74) is 1.16. The smallest absolute Gasteiger partial charge is 0.335 e. The van der Waals surface area contributed by atoms with Gasteiger partial charge in [-0.15, -0.1) is 0 Å². The van der Waals surface area contributed by atoms with Crippen LogP contribution in [-0.2, 0) is 9.59 Å². The van der Waals surface area contributed by atoms with Crippen molar-refractivity contribution >= 4 is 73.1 Å². The number of hydrogen-bond donors (Lipinski definition) is 1. The van der Waals surface area contributed by atoms with Crippen LogP contribution in [0.5, 0.6) is 5.75 Å². The molecule has 0 saturated carbocycles. The van der Waals surface area contributed by atoms with Gasteiger partial charge in [-0.05, 0) is 65.7 Å². The van der Waals surface area contributed by atoms with Crippen molar-refractivity contribution in [3.05, 3.63) is 61.0 Å². The van der Waals surface area contributed by atoms with Gasteiger partial charge in [0.2, 0.25) is 0 Å². The molecule has 29 heavy (non-hydrogen) atoms. The molecule has 1 heterocycles. The number of carbonyl (C=O) groups excluding carboxylic acids is 3. The first-order chi connectivity index (χ1) is 13.7. The lowest BCUT2D eigenvalue weighted by Gasteiger charge is -2.28. The van der Waals surface area contributed by atoms with Crippen LogP contribution in [0.3, 0.4) is 0 Å². The molecule has 2 aromatic carbocycles. The molecule has 0 bridgehead atoms. The summed E-state index contributed by atoms with van der Waals surface area (Å²) in [6.45, 7) is 3.91. The average Bonchev–Trinajstić information content (AvgIpc) is 2.64. The fraction of sp³-hybridized carbons (Fsp3) is 0.150. The molecule has 1 N–H and O–H groups in total. The van der Waals surface area contributed by atoms with E-state index in [1.165, 1.54) is 6.08 Å². The van der Waals surface area contributed by atoms with E-state index in [9.17, 15) is 14.4 Å². The third-order valence-corrected chi connectivity index (χ3v) is 5.66. The summed E-state index contributed by atoms with van der Waals surface area (Å²) in [4.78, 5) is 38.9. The molecule has 0 aromatic heterocycles. The lowest BCUT2D eigenvalue weighted by atomic mass is 10.0. The first-order valence-electron chi connectivity index (χ1n) is 8.53. The normalized spacial score (nSPS) is 15.7. The van der Waals surface area contributed by atoms with Crippen LogP contribution in [0.15, 0.2) is 44.9 Å². The highest BCUT2D eigenvalue weighted by Gasteiger charge is 2.37. The molecule has 1 aliphatic rings. The van der Waals surface area contributed by atoms with Gasteiger partial charge in [-0.1, -0.05) is 33.6 Å². The maximum absolute atomic E-state index is 13.1. The molecular weight excluding hydrogens is 527 g/mol. The highest BCUT2D eigenvalue weighted by Crippen LogP contribution is 2.35. The molecule has 2 aromatic rings. The first kappa shape index (κ1) is 21.5. The minimum atomic E-state index is -0.831. The van der Waals surface area contributed by atoms with E-state index in [2.05, 4.69) is 37.2 Å². The van der Waals surface area contributed by atoms with E-state index in [0.29, 0.717) is 38.7 Å². The second-order valence-corrected chi connectivity index (χ2v) is 8.26. The number of nitrogens with one attached hydrogen (secondary N) is 1. The Balaban J connectivity index is 2.13. The van der Waals surface area contributed by atoms with Gasteiger partial charge in [0.15, 0.2) is 0 Å². The summed E-state index contributed by atoms with van der Waals surface area (Å²) in [6, 6.07) is 7.55. The van der Waals surface area contributed by atoms with Crippen LogP contribution in [0.1, 0.15) is 18.1 Å². The van der Waals surface area contributed by atoms with Crippen molar-refractivity contribution in [1.82, 2.24) is 5.32 Å². The van der Waals surface area contributed by atoms with Gasteiger partial charge < -0.3 is 4.74 Å². The number of anilines is 1. The number of nitrogens with zero attached hydrogens (tertiary/aromatic N) is 1. The van der Waals surface area contributed by atoms with Crippen LogP contribution in [0, 0.1) is 6.92 Å². The van der Waals surface area contributed by atoms with E-state index in [1.807, 2.05) is 6.92 Å². The molecule has 0 unspecified atom stereocenters. The Labute approximate surface area is 189 Å². The largest absolute Gasteiger partial charge is 0.492 e. The highest BCUT2D eigenvalue weighted by atomic mass is 79.9. The third-order valence-electron chi connectivity index (χ3n) is 4.21. The molecular formula is C20H15Br2ClN2O4. The topological polar surface area (TPSA) is 75.7 Å². The van der Waals surface area contributed by atoms with Crippen molar-refractivity contribution in [1.29, 1.82) is 0 Å². The Hall–Kier alpha value is -2.16. The van der Waals surface area contributed by atoms with E-state index in [0.717, 1.165) is 9.37 Å². The van der Waals surface area contributed by atoms with Crippen molar-refractivity contribution in [2.24, 2.45) is 0 Å². The van der Waals surface area contributed by atoms with Gasteiger partial charge in [-0.2, -0.15) is 0 Å². The zero-order chi connectivity index (χ0) is 21.3. The van der Waals surface area contributed by atoms with E-state index in [1.54, 1.807) is 37.3 Å². The van der Waals surface area contributed by atoms with Crippen molar-refractivity contribution in [3.63, 3.8) is 0 Å². The van der Waals surface area contributed by atoms with E-state index < -0.39 is 17.8 Å². The van der Waals surface area contributed by atoms with Crippen LogP contribution in [0.4, 0.5) is 10.5 Å². The number of hydrogen-bond acceptors (Lipinski definition) is 4.